The lowest BCUT2D eigenvalue weighted by molar-refractivity contribution is -0.0710. The van der Waals surface area contributed by atoms with Gasteiger partial charge in [-0.1, -0.05) is 6.92 Å². The third-order valence-electron chi connectivity index (χ3n) is 3.57. The summed E-state index contributed by atoms with van der Waals surface area (Å²) in [4.78, 5) is 0. The van der Waals surface area contributed by atoms with Gasteiger partial charge in [0.2, 0.25) is 0 Å². The van der Waals surface area contributed by atoms with E-state index in [4.69, 9.17) is 4.74 Å². The minimum absolute atomic E-state index is 0.0702. The standard InChI is InChI=1S/C13H27NO2/c1-7-13(6,15)9-14-10-8-11(2,3)16-12(10,4)5/h10,14-15H,7-9H2,1-6H3. The highest BCUT2D eigenvalue weighted by Crippen LogP contribution is 2.37. The first kappa shape index (κ1) is 13.9. The maximum Gasteiger partial charge on any atom is 0.0787 e. The third-order valence-corrected chi connectivity index (χ3v) is 3.57. The van der Waals surface area contributed by atoms with Crippen molar-refractivity contribution >= 4 is 0 Å². The van der Waals surface area contributed by atoms with Crippen molar-refractivity contribution in [1.29, 1.82) is 0 Å². The molecule has 0 aromatic carbocycles. The Kier molecular flexibility index (Phi) is 3.73. The van der Waals surface area contributed by atoms with Gasteiger partial charge in [0, 0.05) is 12.6 Å². The van der Waals surface area contributed by atoms with Crippen LogP contribution in [0, 0.1) is 0 Å². The van der Waals surface area contributed by atoms with Crippen molar-refractivity contribution < 1.29 is 9.84 Å². The van der Waals surface area contributed by atoms with Gasteiger partial charge in [-0.2, -0.15) is 0 Å². The van der Waals surface area contributed by atoms with Crippen molar-refractivity contribution in [2.45, 2.75) is 77.2 Å². The first-order chi connectivity index (χ1) is 7.08. The SMILES string of the molecule is CCC(C)(O)CNC1CC(C)(C)OC1(C)C. The molecule has 0 bridgehead atoms. The number of nitrogens with one attached hydrogen (secondary N) is 1. The predicted octanol–water partition coefficient (Wildman–Crippen LogP) is 2.08. The van der Waals surface area contributed by atoms with Crippen LogP contribution >= 0.6 is 0 Å². The summed E-state index contributed by atoms with van der Waals surface area (Å²) in [7, 11) is 0. The normalized spacial score (nSPS) is 31.3. The molecule has 0 amide bonds. The summed E-state index contributed by atoms with van der Waals surface area (Å²) in [6.07, 6.45) is 1.75. The van der Waals surface area contributed by atoms with Crippen LogP contribution in [-0.2, 0) is 4.74 Å². The summed E-state index contributed by atoms with van der Waals surface area (Å²) in [5, 5.41) is 13.4. The summed E-state index contributed by atoms with van der Waals surface area (Å²) >= 11 is 0. The summed E-state index contributed by atoms with van der Waals surface area (Å²) in [6.45, 7) is 13.0. The molecule has 2 atom stereocenters. The van der Waals surface area contributed by atoms with Crippen molar-refractivity contribution in [3.63, 3.8) is 0 Å². The van der Waals surface area contributed by atoms with E-state index in [-0.39, 0.29) is 11.2 Å². The maximum atomic E-state index is 9.98. The van der Waals surface area contributed by atoms with E-state index in [9.17, 15) is 5.11 Å². The van der Waals surface area contributed by atoms with Crippen LogP contribution in [0.15, 0.2) is 0 Å². The Morgan fingerprint density at radius 2 is 1.94 bits per heavy atom. The Hall–Kier alpha value is -0.120. The molecule has 0 radical (unpaired) electrons. The fourth-order valence-electron chi connectivity index (χ4n) is 2.35. The van der Waals surface area contributed by atoms with E-state index in [2.05, 4.69) is 33.0 Å². The Balaban J connectivity index is 2.55. The van der Waals surface area contributed by atoms with Crippen LogP contribution in [0.2, 0.25) is 0 Å². The molecule has 16 heavy (non-hydrogen) atoms. The van der Waals surface area contributed by atoms with Crippen LogP contribution in [0.1, 0.15) is 54.4 Å². The van der Waals surface area contributed by atoms with Gasteiger partial charge in [0.25, 0.3) is 0 Å². The van der Waals surface area contributed by atoms with Crippen molar-refractivity contribution in [3.8, 4) is 0 Å². The second-order valence-electron chi connectivity index (χ2n) is 6.45. The van der Waals surface area contributed by atoms with Gasteiger partial charge in [-0.15, -0.1) is 0 Å². The molecule has 0 aliphatic carbocycles. The smallest absolute Gasteiger partial charge is 0.0787 e. The van der Waals surface area contributed by atoms with Crippen molar-refractivity contribution in [2.75, 3.05) is 6.54 Å². The fraction of sp³-hybridized carbons (Fsp3) is 1.00. The molecule has 0 aromatic rings. The zero-order chi connectivity index (χ0) is 12.6. The summed E-state index contributed by atoms with van der Waals surface area (Å²) in [5.41, 5.74) is -0.852. The average molecular weight is 229 g/mol. The van der Waals surface area contributed by atoms with Gasteiger partial charge in [0.1, 0.15) is 0 Å². The van der Waals surface area contributed by atoms with Crippen LogP contribution in [0.3, 0.4) is 0 Å². The predicted molar refractivity (Wildman–Crippen MR) is 66.6 cm³/mol. The number of aliphatic hydroxyl groups is 1. The molecule has 96 valence electrons. The lowest BCUT2D eigenvalue weighted by Crippen LogP contribution is -2.49. The van der Waals surface area contributed by atoms with E-state index in [1.807, 2.05) is 13.8 Å². The van der Waals surface area contributed by atoms with Crippen LogP contribution in [0.25, 0.3) is 0 Å². The third kappa shape index (κ3) is 3.44. The highest BCUT2D eigenvalue weighted by Gasteiger charge is 2.45. The number of ether oxygens (including phenoxy) is 1. The molecule has 1 aliphatic heterocycles. The average Bonchev–Trinajstić information content (AvgIpc) is 2.31. The minimum atomic E-state index is -0.622. The lowest BCUT2D eigenvalue weighted by Gasteiger charge is -2.30. The van der Waals surface area contributed by atoms with Crippen LogP contribution < -0.4 is 5.32 Å². The number of hydrogen-bond acceptors (Lipinski definition) is 3. The Labute approximate surface area is 99.6 Å². The van der Waals surface area contributed by atoms with E-state index in [0.717, 1.165) is 12.8 Å². The molecule has 3 heteroatoms. The molecule has 1 fully saturated rings. The summed E-state index contributed by atoms with van der Waals surface area (Å²) in [5.74, 6) is 0. The minimum Gasteiger partial charge on any atom is -0.389 e. The van der Waals surface area contributed by atoms with Crippen molar-refractivity contribution in [3.05, 3.63) is 0 Å². The van der Waals surface area contributed by atoms with Gasteiger partial charge in [0.15, 0.2) is 0 Å². The van der Waals surface area contributed by atoms with E-state index in [1.165, 1.54) is 0 Å². The summed E-state index contributed by atoms with van der Waals surface area (Å²) < 4.78 is 6.00. The lowest BCUT2D eigenvalue weighted by atomic mass is 9.93. The molecule has 2 unspecified atom stereocenters. The molecular formula is C13H27NO2. The second kappa shape index (κ2) is 4.28. The van der Waals surface area contributed by atoms with Crippen LogP contribution in [-0.4, -0.2) is 34.5 Å². The quantitative estimate of drug-likeness (QED) is 0.775. The Morgan fingerprint density at radius 3 is 2.31 bits per heavy atom. The first-order valence-corrected chi connectivity index (χ1v) is 6.24. The molecule has 1 rings (SSSR count). The molecule has 1 aliphatic rings. The molecule has 2 N–H and O–H groups in total. The molecule has 1 heterocycles. The van der Waals surface area contributed by atoms with E-state index in [0.29, 0.717) is 12.6 Å². The molecule has 0 saturated carbocycles. The van der Waals surface area contributed by atoms with Gasteiger partial charge in [0.05, 0.1) is 16.8 Å². The van der Waals surface area contributed by atoms with E-state index in [1.54, 1.807) is 0 Å². The van der Waals surface area contributed by atoms with Gasteiger partial charge in [-0.05, 0) is 47.5 Å². The monoisotopic (exact) mass is 229 g/mol. The molecular weight excluding hydrogens is 202 g/mol. The molecule has 1 saturated heterocycles. The van der Waals surface area contributed by atoms with Gasteiger partial charge in [-0.25, -0.2) is 0 Å². The molecule has 0 spiro atoms. The van der Waals surface area contributed by atoms with Crippen molar-refractivity contribution in [1.82, 2.24) is 5.32 Å². The van der Waals surface area contributed by atoms with Gasteiger partial charge < -0.3 is 15.2 Å². The van der Waals surface area contributed by atoms with Crippen LogP contribution in [0.4, 0.5) is 0 Å². The Bertz CT molecular complexity index is 246. The highest BCUT2D eigenvalue weighted by atomic mass is 16.5. The molecule has 0 aromatic heterocycles. The zero-order valence-electron chi connectivity index (χ0n) is 11.6. The fourth-order valence-corrected chi connectivity index (χ4v) is 2.35. The first-order valence-electron chi connectivity index (χ1n) is 6.24. The topological polar surface area (TPSA) is 41.5 Å². The zero-order valence-corrected chi connectivity index (χ0v) is 11.6. The van der Waals surface area contributed by atoms with E-state index < -0.39 is 5.60 Å². The highest BCUT2D eigenvalue weighted by molar-refractivity contribution is 4.99. The van der Waals surface area contributed by atoms with Gasteiger partial charge >= 0.3 is 0 Å². The van der Waals surface area contributed by atoms with Crippen LogP contribution in [0.5, 0.6) is 0 Å². The largest absolute Gasteiger partial charge is 0.389 e. The Morgan fingerprint density at radius 1 is 1.38 bits per heavy atom. The second-order valence-corrected chi connectivity index (χ2v) is 6.45. The summed E-state index contributed by atoms with van der Waals surface area (Å²) in [6, 6.07) is 0.306. The molecule has 3 nitrogen and oxygen atoms in total. The van der Waals surface area contributed by atoms with Gasteiger partial charge in [-0.3, -0.25) is 0 Å². The number of rotatable bonds is 4. The number of hydrogen-bond donors (Lipinski definition) is 2. The van der Waals surface area contributed by atoms with Crippen molar-refractivity contribution in [2.24, 2.45) is 0 Å². The maximum absolute atomic E-state index is 9.98. The van der Waals surface area contributed by atoms with E-state index >= 15 is 0 Å².